The zero-order valence-corrected chi connectivity index (χ0v) is 9.25. The van der Waals surface area contributed by atoms with Gasteiger partial charge in [-0.15, -0.1) is 10.2 Å². The highest BCUT2D eigenvalue weighted by Crippen LogP contribution is 2.25. The number of fused-ring (bicyclic) bond motifs is 1. The largest absolute Gasteiger partial charge is 0.368 e. The van der Waals surface area contributed by atoms with Gasteiger partial charge in [-0.05, 0) is 6.42 Å². The number of halogens is 1. The second kappa shape index (κ2) is 4.45. The van der Waals surface area contributed by atoms with E-state index in [0.717, 1.165) is 29.6 Å². The van der Waals surface area contributed by atoms with Crippen LogP contribution >= 0.6 is 11.6 Å². The molecule has 0 aliphatic rings. The number of nitrogens with zero attached hydrogens (tertiary/aromatic N) is 2. The first kappa shape index (κ1) is 10.2. The molecule has 0 bridgehead atoms. The molecule has 0 amide bonds. The maximum absolute atomic E-state index is 5.96. The molecule has 0 radical (unpaired) electrons. The van der Waals surface area contributed by atoms with Gasteiger partial charge in [0.25, 0.3) is 0 Å². The van der Waals surface area contributed by atoms with Gasteiger partial charge in [0.15, 0.2) is 11.0 Å². The van der Waals surface area contributed by atoms with Crippen LogP contribution in [0, 0.1) is 0 Å². The first-order valence-electron chi connectivity index (χ1n) is 4.97. The Labute approximate surface area is 93.5 Å². The molecule has 0 unspecified atom stereocenters. The van der Waals surface area contributed by atoms with Crippen LogP contribution in [0.3, 0.4) is 0 Å². The normalized spacial score (nSPS) is 10.5. The highest BCUT2D eigenvalue weighted by Gasteiger charge is 2.05. The Hall–Kier alpha value is -1.35. The zero-order valence-electron chi connectivity index (χ0n) is 8.50. The van der Waals surface area contributed by atoms with Gasteiger partial charge in [-0.25, -0.2) is 0 Å². The molecule has 0 saturated carbocycles. The Morgan fingerprint density at radius 1 is 1.20 bits per heavy atom. The minimum absolute atomic E-state index is 0.452. The van der Waals surface area contributed by atoms with Crippen molar-refractivity contribution >= 4 is 28.2 Å². The molecule has 1 aromatic carbocycles. The Morgan fingerprint density at radius 3 is 2.67 bits per heavy atom. The molecule has 0 saturated heterocycles. The van der Waals surface area contributed by atoms with Gasteiger partial charge in [-0.2, -0.15) is 0 Å². The van der Waals surface area contributed by atoms with E-state index in [-0.39, 0.29) is 0 Å². The van der Waals surface area contributed by atoms with Crippen LogP contribution in [0.4, 0.5) is 5.82 Å². The fraction of sp³-hybridized carbons (Fsp3) is 0.273. The Bertz CT molecular complexity index is 470. The lowest BCUT2D eigenvalue weighted by molar-refractivity contribution is 0.951. The van der Waals surface area contributed by atoms with Gasteiger partial charge >= 0.3 is 0 Å². The van der Waals surface area contributed by atoms with Crippen molar-refractivity contribution in [3.63, 3.8) is 0 Å². The van der Waals surface area contributed by atoms with Crippen molar-refractivity contribution in [2.45, 2.75) is 13.3 Å². The van der Waals surface area contributed by atoms with Gasteiger partial charge < -0.3 is 5.32 Å². The smallest absolute Gasteiger partial charge is 0.159 e. The highest BCUT2D eigenvalue weighted by atomic mass is 35.5. The van der Waals surface area contributed by atoms with Crippen LogP contribution < -0.4 is 5.32 Å². The summed E-state index contributed by atoms with van der Waals surface area (Å²) in [6.07, 6.45) is 1.05. The molecular formula is C11H12ClN3. The topological polar surface area (TPSA) is 37.8 Å². The zero-order chi connectivity index (χ0) is 10.7. The Balaban J connectivity index is 2.51. The van der Waals surface area contributed by atoms with Crippen LogP contribution in [0.2, 0.25) is 5.15 Å². The predicted octanol–water partition coefficient (Wildman–Crippen LogP) is 3.11. The molecular weight excluding hydrogens is 210 g/mol. The van der Waals surface area contributed by atoms with Gasteiger partial charge in [0.1, 0.15) is 0 Å². The monoisotopic (exact) mass is 221 g/mol. The number of rotatable bonds is 3. The Kier molecular flexibility index (Phi) is 3.02. The number of nitrogens with one attached hydrogen (secondary N) is 1. The van der Waals surface area contributed by atoms with Gasteiger partial charge in [0.2, 0.25) is 0 Å². The number of hydrogen-bond acceptors (Lipinski definition) is 3. The van der Waals surface area contributed by atoms with Crippen LogP contribution in [0.15, 0.2) is 24.3 Å². The maximum atomic E-state index is 5.96. The molecule has 3 nitrogen and oxygen atoms in total. The van der Waals surface area contributed by atoms with E-state index >= 15 is 0 Å². The van der Waals surface area contributed by atoms with Gasteiger partial charge in [0.05, 0.1) is 0 Å². The van der Waals surface area contributed by atoms with Crippen LogP contribution in [-0.4, -0.2) is 16.7 Å². The number of benzene rings is 1. The standard InChI is InChI=1S/C11H12ClN3/c1-2-7-13-11-9-6-4-3-5-8(9)10(12)14-15-11/h3-6H,2,7H2,1H3,(H,13,15). The summed E-state index contributed by atoms with van der Waals surface area (Å²) in [5.74, 6) is 0.803. The molecule has 15 heavy (non-hydrogen) atoms. The molecule has 0 aliphatic carbocycles. The van der Waals surface area contributed by atoms with Crippen LogP contribution in [0.25, 0.3) is 10.8 Å². The number of aromatic nitrogens is 2. The third-order valence-electron chi connectivity index (χ3n) is 2.18. The summed E-state index contributed by atoms with van der Waals surface area (Å²) in [6, 6.07) is 7.86. The molecule has 1 heterocycles. The van der Waals surface area contributed by atoms with E-state index in [4.69, 9.17) is 11.6 Å². The average Bonchev–Trinajstić information content (AvgIpc) is 2.29. The summed E-state index contributed by atoms with van der Waals surface area (Å²) < 4.78 is 0. The minimum atomic E-state index is 0.452. The van der Waals surface area contributed by atoms with Crippen LogP contribution in [0.1, 0.15) is 13.3 Å². The van der Waals surface area contributed by atoms with Gasteiger partial charge in [0, 0.05) is 17.3 Å². The van der Waals surface area contributed by atoms with Gasteiger partial charge in [-0.1, -0.05) is 42.8 Å². The maximum Gasteiger partial charge on any atom is 0.159 e. The van der Waals surface area contributed by atoms with Crippen LogP contribution in [-0.2, 0) is 0 Å². The molecule has 2 rings (SSSR count). The van der Waals surface area contributed by atoms with Gasteiger partial charge in [-0.3, -0.25) is 0 Å². The lowest BCUT2D eigenvalue weighted by Gasteiger charge is -2.07. The van der Waals surface area contributed by atoms with E-state index in [1.165, 1.54) is 0 Å². The summed E-state index contributed by atoms with van der Waals surface area (Å²) in [6.45, 7) is 3.00. The average molecular weight is 222 g/mol. The molecule has 78 valence electrons. The second-order valence-corrected chi connectivity index (χ2v) is 3.67. The van der Waals surface area contributed by atoms with Crippen molar-refractivity contribution in [2.75, 3.05) is 11.9 Å². The van der Waals surface area contributed by atoms with E-state index < -0.39 is 0 Å². The van der Waals surface area contributed by atoms with Crippen LogP contribution in [0.5, 0.6) is 0 Å². The van der Waals surface area contributed by atoms with E-state index in [1.54, 1.807) is 0 Å². The summed E-state index contributed by atoms with van der Waals surface area (Å²) in [7, 11) is 0. The van der Waals surface area contributed by atoms with Crippen molar-refractivity contribution in [1.82, 2.24) is 10.2 Å². The van der Waals surface area contributed by atoms with Crippen molar-refractivity contribution in [3.8, 4) is 0 Å². The van der Waals surface area contributed by atoms with E-state index in [2.05, 4.69) is 22.4 Å². The number of hydrogen-bond donors (Lipinski definition) is 1. The molecule has 1 N–H and O–H groups in total. The van der Waals surface area contributed by atoms with Crippen molar-refractivity contribution in [3.05, 3.63) is 29.4 Å². The van der Waals surface area contributed by atoms with Crippen molar-refractivity contribution in [2.24, 2.45) is 0 Å². The fourth-order valence-corrected chi connectivity index (χ4v) is 1.65. The van der Waals surface area contributed by atoms with Crippen molar-refractivity contribution in [1.29, 1.82) is 0 Å². The summed E-state index contributed by atoms with van der Waals surface area (Å²) in [4.78, 5) is 0. The first-order chi connectivity index (χ1) is 7.33. The summed E-state index contributed by atoms with van der Waals surface area (Å²) >= 11 is 5.96. The molecule has 0 spiro atoms. The molecule has 1 aromatic heterocycles. The predicted molar refractivity (Wildman–Crippen MR) is 63.3 cm³/mol. The van der Waals surface area contributed by atoms with Crippen molar-refractivity contribution < 1.29 is 0 Å². The third-order valence-corrected chi connectivity index (χ3v) is 2.46. The lowest BCUT2D eigenvalue weighted by Crippen LogP contribution is -2.03. The number of anilines is 1. The quantitative estimate of drug-likeness (QED) is 0.866. The third kappa shape index (κ3) is 2.02. The molecule has 2 aromatic rings. The second-order valence-electron chi connectivity index (χ2n) is 3.31. The molecule has 0 fully saturated rings. The lowest BCUT2D eigenvalue weighted by atomic mass is 10.2. The van der Waals surface area contributed by atoms with E-state index in [9.17, 15) is 0 Å². The van der Waals surface area contributed by atoms with E-state index in [0.29, 0.717) is 5.15 Å². The SMILES string of the molecule is CCCNc1nnc(Cl)c2ccccc12. The fourth-order valence-electron chi connectivity index (χ4n) is 1.45. The summed E-state index contributed by atoms with van der Waals surface area (Å²) in [5.41, 5.74) is 0. The summed E-state index contributed by atoms with van der Waals surface area (Å²) in [5, 5.41) is 13.6. The molecule has 0 atom stereocenters. The highest BCUT2D eigenvalue weighted by molar-refractivity contribution is 6.34. The molecule has 4 heteroatoms. The van der Waals surface area contributed by atoms with E-state index in [1.807, 2.05) is 24.3 Å². The molecule has 0 aliphatic heterocycles. The Morgan fingerprint density at radius 2 is 1.93 bits per heavy atom. The first-order valence-corrected chi connectivity index (χ1v) is 5.35. The minimum Gasteiger partial charge on any atom is -0.368 e.